The Kier molecular flexibility index (Phi) is 9.82. The number of rotatable bonds is 11. The average Bonchev–Trinajstić information content (AvgIpc) is 3.22. The lowest BCUT2D eigenvalue weighted by Gasteiger charge is -2.46. The molecule has 2 aromatic rings. The van der Waals surface area contributed by atoms with Gasteiger partial charge in [0, 0.05) is 17.7 Å². The molecule has 8 nitrogen and oxygen atoms in total. The maximum atomic E-state index is 14.2. The molecular weight excluding hydrogens is 563 g/mol. The highest BCUT2D eigenvalue weighted by Gasteiger charge is 2.52. The molecule has 0 aromatic heterocycles. The highest BCUT2D eigenvalue weighted by atomic mass is 19.4. The second-order valence-electron chi connectivity index (χ2n) is 11.6. The highest BCUT2D eigenvalue weighted by Crippen LogP contribution is 2.48. The Labute approximate surface area is 249 Å². The number of nitrogens with one attached hydrogen (secondary N) is 1. The largest absolute Gasteiger partial charge is 0.573 e. The lowest BCUT2D eigenvalue weighted by atomic mass is 9.76. The minimum atomic E-state index is -4.82. The molecule has 0 saturated heterocycles. The summed E-state index contributed by atoms with van der Waals surface area (Å²) in [6, 6.07) is 11.9. The van der Waals surface area contributed by atoms with E-state index in [0.717, 1.165) is 24.8 Å². The van der Waals surface area contributed by atoms with Crippen molar-refractivity contribution < 1.29 is 37.4 Å². The van der Waals surface area contributed by atoms with Gasteiger partial charge in [0.05, 0.1) is 12.5 Å². The van der Waals surface area contributed by atoms with Gasteiger partial charge in [0.15, 0.2) is 0 Å². The number of halogens is 3. The Hall–Kier alpha value is -3.89. The van der Waals surface area contributed by atoms with E-state index in [1.54, 1.807) is 12.1 Å². The second-order valence-corrected chi connectivity index (χ2v) is 11.6. The van der Waals surface area contributed by atoms with Gasteiger partial charge in [-0.15, -0.1) is 13.2 Å². The predicted molar refractivity (Wildman–Crippen MR) is 155 cm³/mol. The van der Waals surface area contributed by atoms with Crippen LogP contribution >= 0.6 is 0 Å². The van der Waals surface area contributed by atoms with Crippen molar-refractivity contribution in [2.45, 2.75) is 83.8 Å². The number of carboxylic acids is 1. The van der Waals surface area contributed by atoms with E-state index < -0.39 is 18.0 Å². The molecule has 0 radical (unpaired) electrons. The first-order valence-electron chi connectivity index (χ1n) is 14.7. The molecule has 2 N–H and O–H groups in total. The van der Waals surface area contributed by atoms with Crippen molar-refractivity contribution in [3.8, 4) is 5.75 Å². The monoisotopic (exact) mass is 601 g/mol. The maximum absolute atomic E-state index is 14.2. The van der Waals surface area contributed by atoms with Crippen LogP contribution in [0.3, 0.4) is 0 Å². The summed E-state index contributed by atoms with van der Waals surface area (Å²) in [6.45, 7) is 6.43. The van der Waals surface area contributed by atoms with Crippen LogP contribution in [0.2, 0.25) is 0 Å². The number of benzene rings is 2. The number of aliphatic carboxylic acids is 1. The van der Waals surface area contributed by atoms with E-state index in [9.17, 15) is 27.6 Å². The zero-order valence-corrected chi connectivity index (χ0v) is 24.6. The molecule has 232 valence electrons. The molecule has 0 bridgehead atoms. The number of carboxylic acid groups (broad SMARTS) is 1. The van der Waals surface area contributed by atoms with E-state index in [1.807, 2.05) is 24.0 Å². The minimum Gasteiger partial charge on any atom is -0.481 e. The number of nitrogens with zero attached hydrogens (tertiary/aromatic N) is 2. The van der Waals surface area contributed by atoms with Crippen molar-refractivity contribution in [1.82, 2.24) is 10.2 Å². The van der Waals surface area contributed by atoms with Gasteiger partial charge in [0.2, 0.25) is 0 Å². The zero-order chi connectivity index (χ0) is 31.4. The second kappa shape index (κ2) is 13.2. The molecule has 1 fully saturated rings. The Morgan fingerprint density at radius 2 is 1.72 bits per heavy atom. The molecule has 1 saturated carbocycles. The third-order valence-corrected chi connectivity index (χ3v) is 8.38. The molecular formula is C32H38F3N3O5. The molecule has 1 aliphatic heterocycles. The van der Waals surface area contributed by atoms with Crippen LogP contribution in [0, 0.1) is 11.8 Å². The topological polar surface area (TPSA) is 108 Å². The summed E-state index contributed by atoms with van der Waals surface area (Å²) in [5.74, 6) is -1.04. The molecule has 2 aromatic carbocycles. The van der Waals surface area contributed by atoms with Crippen LogP contribution in [-0.2, 0) is 9.59 Å². The highest BCUT2D eigenvalue weighted by molar-refractivity contribution is 6.46. The molecule has 1 atom stereocenters. The number of hydrogen-bond donors (Lipinski definition) is 2. The number of carbonyl (C=O) groups excluding carboxylic acids is 2. The standard InChI is InChI=1S/C32H38F3N3O5/c1-4-5-26(22-6-8-24(9-7-22)29(41)36-19-16-27(39)40)38-30(42)28(23-10-12-25(13-11-23)43-32(33,34)35)37-31(38)17-14-21(15-18-31)20(2)3/h6-13,20-21,26H,4-5,14-19H2,1-3H3,(H,36,41)(H,39,40)/t21?,26-,31?/m1/s1. The van der Waals surface area contributed by atoms with E-state index in [4.69, 9.17) is 10.1 Å². The van der Waals surface area contributed by atoms with Crippen molar-refractivity contribution in [3.05, 3.63) is 65.2 Å². The fraction of sp³-hybridized carbons (Fsp3) is 0.500. The van der Waals surface area contributed by atoms with Gasteiger partial charge in [0.1, 0.15) is 17.1 Å². The van der Waals surface area contributed by atoms with Gasteiger partial charge in [0.25, 0.3) is 11.8 Å². The van der Waals surface area contributed by atoms with Crippen molar-refractivity contribution in [3.63, 3.8) is 0 Å². The summed E-state index contributed by atoms with van der Waals surface area (Å²) >= 11 is 0. The van der Waals surface area contributed by atoms with Gasteiger partial charge in [-0.2, -0.15) is 0 Å². The van der Waals surface area contributed by atoms with Crippen LogP contribution in [0.4, 0.5) is 13.2 Å². The SMILES string of the molecule is CCC[C@H](c1ccc(C(=O)NCCC(=O)O)cc1)N1C(=O)C(c2ccc(OC(F)(F)F)cc2)=NC12CCC(C(C)C)CC2. The van der Waals surface area contributed by atoms with Crippen molar-refractivity contribution in [2.24, 2.45) is 16.8 Å². The smallest absolute Gasteiger partial charge is 0.481 e. The van der Waals surface area contributed by atoms with Crippen LogP contribution in [0.25, 0.3) is 0 Å². The molecule has 11 heteroatoms. The van der Waals surface area contributed by atoms with Gasteiger partial charge in [-0.1, -0.05) is 39.3 Å². The molecule has 0 unspecified atom stereocenters. The Morgan fingerprint density at radius 1 is 1.09 bits per heavy atom. The van der Waals surface area contributed by atoms with Crippen molar-refractivity contribution in [1.29, 1.82) is 0 Å². The summed E-state index contributed by atoms with van der Waals surface area (Å²) in [6.07, 6.45) is -0.452. The van der Waals surface area contributed by atoms with Gasteiger partial charge in [-0.25, -0.2) is 0 Å². The lowest BCUT2D eigenvalue weighted by Crippen LogP contribution is -2.51. The molecule has 43 heavy (non-hydrogen) atoms. The van der Waals surface area contributed by atoms with E-state index in [-0.39, 0.29) is 42.3 Å². The molecule has 1 heterocycles. The quantitative estimate of drug-likeness (QED) is 0.306. The number of carbonyl (C=O) groups is 3. The average molecular weight is 602 g/mol. The first-order valence-corrected chi connectivity index (χ1v) is 14.7. The van der Waals surface area contributed by atoms with E-state index in [2.05, 4.69) is 23.9 Å². The third-order valence-electron chi connectivity index (χ3n) is 8.38. The number of hydrogen-bond acceptors (Lipinski definition) is 5. The summed E-state index contributed by atoms with van der Waals surface area (Å²) in [7, 11) is 0. The van der Waals surface area contributed by atoms with E-state index >= 15 is 0 Å². The van der Waals surface area contributed by atoms with Gasteiger partial charge < -0.3 is 20.1 Å². The first kappa shape index (κ1) is 32.0. The number of ether oxygens (including phenoxy) is 1. The fourth-order valence-corrected chi connectivity index (χ4v) is 6.13. The van der Waals surface area contributed by atoms with Crippen LogP contribution in [-0.4, -0.2) is 52.1 Å². The first-order chi connectivity index (χ1) is 20.3. The number of aliphatic imine (C=N–C) groups is 1. The van der Waals surface area contributed by atoms with Crippen LogP contribution in [0.15, 0.2) is 53.5 Å². The van der Waals surface area contributed by atoms with E-state index in [1.165, 1.54) is 24.3 Å². The summed E-state index contributed by atoms with van der Waals surface area (Å²) in [5, 5.41) is 11.4. The van der Waals surface area contributed by atoms with Crippen LogP contribution in [0.1, 0.15) is 93.2 Å². The predicted octanol–water partition coefficient (Wildman–Crippen LogP) is 6.50. The van der Waals surface area contributed by atoms with Crippen molar-refractivity contribution >= 4 is 23.5 Å². The normalized spacial score (nSPS) is 21.2. The van der Waals surface area contributed by atoms with Gasteiger partial charge in [-0.3, -0.25) is 19.4 Å². The summed E-state index contributed by atoms with van der Waals surface area (Å²) in [5.41, 5.74) is 1.08. The van der Waals surface area contributed by atoms with Crippen molar-refractivity contribution in [2.75, 3.05) is 6.54 Å². The van der Waals surface area contributed by atoms with Gasteiger partial charge in [-0.05, 0) is 85.9 Å². The van der Waals surface area contributed by atoms with Gasteiger partial charge >= 0.3 is 12.3 Å². The zero-order valence-electron chi connectivity index (χ0n) is 24.6. The molecule has 4 rings (SSSR count). The fourth-order valence-electron chi connectivity index (χ4n) is 6.13. The Balaban J connectivity index is 1.65. The summed E-state index contributed by atoms with van der Waals surface area (Å²) < 4.78 is 42.1. The number of alkyl halides is 3. The summed E-state index contributed by atoms with van der Waals surface area (Å²) in [4.78, 5) is 44.4. The number of amides is 2. The Morgan fingerprint density at radius 3 is 2.26 bits per heavy atom. The van der Waals surface area contributed by atoms with Crippen LogP contribution in [0.5, 0.6) is 5.75 Å². The molecule has 2 amide bonds. The van der Waals surface area contributed by atoms with E-state index in [0.29, 0.717) is 42.2 Å². The van der Waals surface area contributed by atoms with Crippen LogP contribution < -0.4 is 10.1 Å². The minimum absolute atomic E-state index is 0.0139. The third kappa shape index (κ3) is 7.55. The molecule has 2 aliphatic rings. The Bertz CT molecular complexity index is 1330. The molecule has 1 aliphatic carbocycles. The maximum Gasteiger partial charge on any atom is 0.573 e. The molecule has 1 spiro atoms. The lowest BCUT2D eigenvalue weighted by molar-refractivity contribution is -0.274.